The second-order valence-electron chi connectivity index (χ2n) is 4.16. The molecule has 3 aromatic rings. The molecule has 0 aliphatic heterocycles. The molecule has 0 fully saturated rings. The maximum atomic E-state index is 13.0. The van der Waals surface area contributed by atoms with E-state index in [-0.39, 0.29) is 18.2 Å². The summed E-state index contributed by atoms with van der Waals surface area (Å²) in [6.45, 7) is 0.250. The van der Waals surface area contributed by atoms with Crippen LogP contribution in [-0.4, -0.2) is 5.11 Å². The zero-order valence-corrected chi connectivity index (χ0v) is 9.97. The first kappa shape index (κ1) is 11.6. The average Bonchev–Trinajstić information content (AvgIpc) is 2.81. The van der Waals surface area contributed by atoms with E-state index in [2.05, 4.69) is 0 Å². The van der Waals surface area contributed by atoms with E-state index in [1.165, 1.54) is 18.4 Å². The summed E-state index contributed by atoms with van der Waals surface area (Å²) in [7, 11) is 0. The SMILES string of the molecule is Oc1cccc2c(COc3cccc(F)c3)coc12. The van der Waals surface area contributed by atoms with E-state index in [0.29, 0.717) is 11.3 Å². The summed E-state index contributed by atoms with van der Waals surface area (Å²) >= 11 is 0. The van der Waals surface area contributed by atoms with Gasteiger partial charge in [0.25, 0.3) is 0 Å². The van der Waals surface area contributed by atoms with E-state index < -0.39 is 0 Å². The van der Waals surface area contributed by atoms with Gasteiger partial charge in [-0.05, 0) is 18.2 Å². The second kappa shape index (κ2) is 4.65. The smallest absolute Gasteiger partial charge is 0.175 e. The fourth-order valence-corrected chi connectivity index (χ4v) is 1.92. The quantitative estimate of drug-likeness (QED) is 0.775. The second-order valence-corrected chi connectivity index (χ2v) is 4.16. The molecule has 0 saturated carbocycles. The van der Waals surface area contributed by atoms with Gasteiger partial charge in [-0.1, -0.05) is 18.2 Å². The van der Waals surface area contributed by atoms with Crippen LogP contribution in [0.25, 0.3) is 11.0 Å². The lowest BCUT2D eigenvalue weighted by atomic mass is 10.2. The van der Waals surface area contributed by atoms with Crippen molar-refractivity contribution in [2.75, 3.05) is 0 Å². The lowest BCUT2D eigenvalue weighted by Crippen LogP contribution is -1.94. The number of benzene rings is 2. The van der Waals surface area contributed by atoms with Gasteiger partial charge < -0.3 is 14.3 Å². The molecule has 0 unspecified atom stereocenters. The molecule has 0 atom stereocenters. The fourth-order valence-electron chi connectivity index (χ4n) is 1.92. The van der Waals surface area contributed by atoms with Crippen molar-refractivity contribution in [2.45, 2.75) is 6.61 Å². The molecule has 2 aromatic carbocycles. The number of hydrogen-bond donors (Lipinski definition) is 1. The molecule has 96 valence electrons. The van der Waals surface area contributed by atoms with Crippen LogP contribution in [0.1, 0.15) is 5.56 Å². The highest BCUT2D eigenvalue weighted by Crippen LogP contribution is 2.29. The third-order valence-corrected chi connectivity index (χ3v) is 2.85. The van der Waals surface area contributed by atoms with Gasteiger partial charge in [-0.15, -0.1) is 0 Å². The molecule has 1 aromatic heterocycles. The Kier molecular flexibility index (Phi) is 2.83. The van der Waals surface area contributed by atoms with Gasteiger partial charge in [-0.2, -0.15) is 0 Å². The molecule has 0 spiro atoms. The first-order chi connectivity index (χ1) is 9.24. The van der Waals surface area contributed by atoms with E-state index in [1.807, 2.05) is 6.07 Å². The molecule has 0 radical (unpaired) electrons. The number of furan rings is 1. The number of halogens is 1. The standard InChI is InChI=1S/C15H11FO3/c16-11-3-1-4-12(7-11)18-8-10-9-19-15-13(10)5-2-6-14(15)17/h1-7,9,17H,8H2. The molecule has 0 bridgehead atoms. The van der Waals surface area contributed by atoms with Gasteiger partial charge in [-0.25, -0.2) is 4.39 Å². The van der Waals surface area contributed by atoms with E-state index >= 15 is 0 Å². The molecule has 0 saturated heterocycles. The third-order valence-electron chi connectivity index (χ3n) is 2.85. The normalized spacial score (nSPS) is 10.8. The van der Waals surface area contributed by atoms with Crippen LogP contribution in [0.5, 0.6) is 11.5 Å². The van der Waals surface area contributed by atoms with Gasteiger partial charge in [0, 0.05) is 17.0 Å². The van der Waals surface area contributed by atoms with Crippen LogP contribution in [-0.2, 0) is 6.61 Å². The summed E-state index contributed by atoms with van der Waals surface area (Å²) in [5, 5.41) is 10.4. The highest BCUT2D eigenvalue weighted by molar-refractivity contribution is 5.85. The van der Waals surface area contributed by atoms with Gasteiger partial charge in [0.05, 0.1) is 6.26 Å². The van der Waals surface area contributed by atoms with Crippen LogP contribution >= 0.6 is 0 Å². The molecular formula is C15H11FO3. The molecule has 4 heteroatoms. The molecule has 19 heavy (non-hydrogen) atoms. The lowest BCUT2D eigenvalue weighted by Gasteiger charge is -2.04. The number of fused-ring (bicyclic) bond motifs is 1. The van der Waals surface area contributed by atoms with E-state index in [9.17, 15) is 9.50 Å². The minimum atomic E-state index is -0.341. The Morgan fingerprint density at radius 3 is 2.84 bits per heavy atom. The predicted molar refractivity (Wildman–Crippen MR) is 68.6 cm³/mol. The Morgan fingerprint density at radius 1 is 1.16 bits per heavy atom. The van der Waals surface area contributed by atoms with Crippen molar-refractivity contribution in [1.82, 2.24) is 0 Å². The molecule has 0 aliphatic carbocycles. The summed E-state index contributed by atoms with van der Waals surface area (Å²) < 4.78 is 23.8. The summed E-state index contributed by atoms with van der Waals surface area (Å²) in [5.41, 5.74) is 1.23. The average molecular weight is 258 g/mol. The highest BCUT2D eigenvalue weighted by Gasteiger charge is 2.09. The lowest BCUT2D eigenvalue weighted by molar-refractivity contribution is 0.304. The van der Waals surface area contributed by atoms with Crippen LogP contribution in [0.4, 0.5) is 4.39 Å². The third kappa shape index (κ3) is 2.25. The number of phenolic OH excluding ortho intramolecular Hbond substituents is 1. The van der Waals surface area contributed by atoms with Gasteiger partial charge >= 0.3 is 0 Å². The number of hydrogen-bond acceptors (Lipinski definition) is 3. The molecule has 1 heterocycles. The zero-order valence-electron chi connectivity index (χ0n) is 9.97. The van der Waals surface area contributed by atoms with Crippen LogP contribution in [0, 0.1) is 5.82 Å². The van der Waals surface area contributed by atoms with Gasteiger partial charge in [0.15, 0.2) is 11.3 Å². The monoisotopic (exact) mass is 258 g/mol. The van der Waals surface area contributed by atoms with Gasteiger partial charge in [0.1, 0.15) is 18.2 Å². The minimum Gasteiger partial charge on any atom is -0.504 e. The number of para-hydroxylation sites is 1. The number of phenols is 1. The number of aromatic hydroxyl groups is 1. The Bertz CT molecular complexity index is 718. The topological polar surface area (TPSA) is 42.6 Å². The molecule has 3 nitrogen and oxygen atoms in total. The van der Waals surface area contributed by atoms with Crippen LogP contribution in [0.3, 0.4) is 0 Å². The molecule has 0 amide bonds. The van der Waals surface area contributed by atoms with E-state index in [0.717, 1.165) is 10.9 Å². The Labute approximate surface area is 108 Å². The Hall–Kier alpha value is -2.49. The zero-order chi connectivity index (χ0) is 13.2. The molecule has 3 rings (SSSR count). The summed E-state index contributed by atoms with van der Waals surface area (Å²) in [4.78, 5) is 0. The van der Waals surface area contributed by atoms with Crippen LogP contribution < -0.4 is 4.74 Å². The molecule has 0 aliphatic rings. The fraction of sp³-hybridized carbons (Fsp3) is 0.0667. The van der Waals surface area contributed by atoms with Crippen molar-refractivity contribution >= 4 is 11.0 Å². The van der Waals surface area contributed by atoms with Crippen molar-refractivity contribution in [2.24, 2.45) is 0 Å². The highest BCUT2D eigenvalue weighted by atomic mass is 19.1. The first-order valence-electron chi connectivity index (χ1n) is 5.80. The Morgan fingerprint density at radius 2 is 2.00 bits per heavy atom. The molecular weight excluding hydrogens is 247 g/mol. The van der Waals surface area contributed by atoms with Crippen molar-refractivity contribution in [3.8, 4) is 11.5 Å². The number of ether oxygens (including phenoxy) is 1. The first-order valence-corrected chi connectivity index (χ1v) is 5.80. The van der Waals surface area contributed by atoms with Gasteiger partial charge in [0.2, 0.25) is 0 Å². The van der Waals surface area contributed by atoms with Crippen LogP contribution in [0.15, 0.2) is 53.1 Å². The van der Waals surface area contributed by atoms with E-state index in [4.69, 9.17) is 9.15 Å². The molecule has 1 N–H and O–H groups in total. The summed E-state index contributed by atoms with van der Waals surface area (Å²) in [6, 6.07) is 11.1. The van der Waals surface area contributed by atoms with Crippen molar-refractivity contribution < 1.29 is 18.7 Å². The van der Waals surface area contributed by atoms with Crippen molar-refractivity contribution in [3.05, 3.63) is 60.1 Å². The summed E-state index contributed by atoms with van der Waals surface area (Å²) in [6.07, 6.45) is 1.53. The van der Waals surface area contributed by atoms with E-state index in [1.54, 1.807) is 24.3 Å². The van der Waals surface area contributed by atoms with Crippen molar-refractivity contribution in [3.63, 3.8) is 0 Å². The predicted octanol–water partition coefficient (Wildman–Crippen LogP) is 3.86. The maximum absolute atomic E-state index is 13.0. The number of rotatable bonds is 3. The van der Waals surface area contributed by atoms with Gasteiger partial charge in [-0.3, -0.25) is 0 Å². The minimum absolute atomic E-state index is 0.0921. The maximum Gasteiger partial charge on any atom is 0.175 e. The Balaban J connectivity index is 1.84. The summed E-state index contributed by atoms with van der Waals surface area (Å²) in [5.74, 6) is 0.205. The van der Waals surface area contributed by atoms with Crippen molar-refractivity contribution in [1.29, 1.82) is 0 Å². The largest absolute Gasteiger partial charge is 0.504 e. The van der Waals surface area contributed by atoms with Crippen LogP contribution in [0.2, 0.25) is 0 Å².